The third kappa shape index (κ3) is 4.93. The molecule has 156 valence electrons. The van der Waals surface area contributed by atoms with Gasteiger partial charge in [0.05, 0.1) is 21.1 Å². The van der Waals surface area contributed by atoms with Crippen LogP contribution in [0.3, 0.4) is 0 Å². The molecule has 2 aromatic carbocycles. The van der Waals surface area contributed by atoms with Crippen LogP contribution in [0.5, 0.6) is 0 Å². The number of halogens is 2. The Morgan fingerprint density at radius 2 is 1.57 bits per heavy atom. The van der Waals surface area contributed by atoms with Crippen LogP contribution in [0.1, 0.15) is 33.6 Å². The summed E-state index contributed by atoms with van der Waals surface area (Å²) in [7, 11) is 1.88. The second-order valence-corrected chi connectivity index (χ2v) is 7.61. The molecule has 0 aliphatic carbocycles. The zero-order valence-electron chi connectivity index (χ0n) is 16.5. The summed E-state index contributed by atoms with van der Waals surface area (Å²) in [5, 5.41) is 3.09. The minimum atomic E-state index is 0.639. The van der Waals surface area contributed by atoms with E-state index in [1.807, 2.05) is 41.9 Å². The Morgan fingerprint density at radius 1 is 0.933 bits per heavy atom. The molecule has 2 aromatic heterocycles. The van der Waals surface area contributed by atoms with Gasteiger partial charge in [0.25, 0.3) is 0 Å². The third-order valence-electron chi connectivity index (χ3n) is 4.76. The fraction of sp³-hybridized carbons (Fsp3) is 0.217. The summed E-state index contributed by atoms with van der Waals surface area (Å²) in [5.74, 6) is 0. The Balaban J connectivity index is 0.000000140. The van der Waals surface area contributed by atoms with Gasteiger partial charge in [-0.2, -0.15) is 0 Å². The molecule has 0 spiro atoms. The Morgan fingerprint density at radius 3 is 2.17 bits per heavy atom. The number of carbonyl (C=O) groups is 2. The predicted octanol–water partition coefficient (Wildman–Crippen LogP) is 6.07. The van der Waals surface area contributed by atoms with Gasteiger partial charge >= 0.3 is 0 Å². The number of ether oxygens (including phenoxy) is 1. The van der Waals surface area contributed by atoms with Crippen LogP contribution >= 0.6 is 23.2 Å². The van der Waals surface area contributed by atoms with Gasteiger partial charge in [-0.3, -0.25) is 9.59 Å². The molecule has 0 bridgehead atoms. The molecule has 1 N–H and O–H groups in total. The van der Waals surface area contributed by atoms with Crippen LogP contribution in [-0.2, 0) is 11.8 Å². The van der Waals surface area contributed by atoms with Gasteiger partial charge in [0.15, 0.2) is 12.6 Å². The van der Waals surface area contributed by atoms with Crippen molar-refractivity contribution >= 4 is 57.6 Å². The fourth-order valence-electron chi connectivity index (χ4n) is 3.29. The first-order valence-corrected chi connectivity index (χ1v) is 10.3. The summed E-state index contributed by atoms with van der Waals surface area (Å²) in [4.78, 5) is 24.2. The normalized spacial score (nSPS) is 12.8. The molecular weight excluding hydrogens is 423 g/mol. The summed E-state index contributed by atoms with van der Waals surface area (Å²) in [6, 6.07) is 11.0. The van der Waals surface area contributed by atoms with Crippen LogP contribution in [-0.4, -0.2) is 35.3 Å². The number of para-hydroxylation sites is 2. The molecule has 3 heterocycles. The molecule has 0 amide bonds. The lowest BCUT2D eigenvalue weighted by Gasteiger charge is -1.97. The fourth-order valence-corrected chi connectivity index (χ4v) is 3.83. The maximum Gasteiger partial charge on any atom is 0.152 e. The zero-order chi connectivity index (χ0) is 21.5. The van der Waals surface area contributed by atoms with Crippen LogP contribution in [0, 0.1) is 0 Å². The van der Waals surface area contributed by atoms with E-state index in [1.54, 1.807) is 18.5 Å². The number of carbonyl (C=O) groups excluding carboxylic acids is 2. The average Bonchev–Trinajstić information content (AvgIpc) is 3.50. The lowest BCUT2D eigenvalue weighted by atomic mass is 10.2. The molecule has 5 rings (SSSR count). The largest absolute Gasteiger partial charge is 0.381 e. The molecule has 1 aliphatic heterocycles. The van der Waals surface area contributed by atoms with E-state index in [0.717, 1.165) is 47.6 Å². The van der Waals surface area contributed by atoms with Crippen LogP contribution in [0.15, 0.2) is 48.8 Å². The van der Waals surface area contributed by atoms with Gasteiger partial charge < -0.3 is 14.3 Å². The van der Waals surface area contributed by atoms with Gasteiger partial charge in [0, 0.05) is 54.6 Å². The number of hydrogen-bond acceptors (Lipinski definition) is 3. The first-order valence-electron chi connectivity index (χ1n) is 9.54. The van der Waals surface area contributed by atoms with E-state index < -0.39 is 0 Å². The van der Waals surface area contributed by atoms with Gasteiger partial charge in [-0.15, -0.1) is 0 Å². The van der Waals surface area contributed by atoms with E-state index in [1.165, 1.54) is 12.8 Å². The van der Waals surface area contributed by atoms with Crippen LogP contribution < -0.4 is 0 Å². The summed E-state index contributed by atoms with van der Waals surface area (Å²) < 4.78 is 6.81. The number of aryl methyl sites for hydroxylation is 1. The van der Waals surface area contributed by atoms with E-state index in [0.29, 0.717) is 21.2 Å². The maximum absolute atomic E-state index is 10.7. The number of rotatable bonds is 2. The molecule has 0 radical (unpaired) electrons. The molecule has 5 nitrogen and oxygen atoms in total. The lowest BCUT2D eigenvalue weighted by Crippen LogP contribution is -1.83. The molecule has 0 unspecified atom stereocenters. The number of aromatic amines is 1. The Labute approximate surface area is 184 Å². The first kappa shape index (κ1) is 22.1. The van der Waals surface area contributed by atoms with E-state index >= 15 is 0 Å². The van der Waals surface area contributed by atoms with Crippen LogP contribution in [0.2, 0.25) is 10.0 Å². The van der Waals surface area contributed by atoms with Gasteiger partial charge in [-0.1, -0.05) is 47.5 Å². The second-order valence-electron chi connectivity index (χ2n) is 6.79. The molecule has 0 saturated carbocycles. The zero-order valence-corrected chi connectivity index (χ0v) is 18.0. The molecule has 7 heteroatoms. The number of benzene rings is 2. The van der Waals surface area contributed by atoms with E-state index in [4.69, 9.17) is 27.9 Å². The van der Waals surface area contributed by atoms with Crippen molar-refractivity contribution in [3.05, 3.63) is 70.0 Å². The predicted molar refractivity (Wildman–Crippen MR) is 122 cm³/mol. The highest BCUT2D eigenvalue weighted by Crippen LogP contribution is 2.26. The van der Waals surface area contributed by atoms with E-state index in [-0.39, 0.29) is 0 Å². The molecule has 1 aliphatic rings. The molecule has 1 fully saturated rings. The smallest absolute Gasteiger partial charge is 0.152 e. The molecule has 1 saturated heterocycles. The van der Waals surface area contributed by atoms with Crippen molar-refractivity contribution in [2.45, 2.75) is 12.8 Å². The topological polar surface area (TPSA) is 64.1 Å². The number of nitrogens with zero attached hydrogens (tertiary/aromatic N) is 1. The highest BCUT2D eigenvalue weighted by Gasteiger charge is 2.07. The summed E-state index contributed by atoms with van der Waals surface area (Å²) in [5.41, 5.74) is 3.06. The van der Waals surface area contributed by atoms with Crippen molar-refractivity contribution in [2.24, 2.45) is 7.05 Å². The molecule has 4 aromatic rings. The SMILES string of the molecule is C1CCOC1.Cn1cc(C=O)c2cccc(Cl)c21.O=Cc1c[nH]c2c(Cl)cccc12. The maximum atomic E-state index is 10.7. The van der Waals surface area contributed by atoms with Crippen molar-refractivity contribution in [2.75, 3.05) is 13.2 Å². The minimum Gasteiger partial charge on any atom is -0.381 e. The number of aromatic nitrogens is 2. The first-order chi connectivity index (χ1) is 14.6. The molecule has 30 heavy (non-hydrogen) atoms. The summed E-state index contributed by atoms with van der Waals surface area (Å²) in [6.45, 7) is 2.00. The molecular formula is C23H22Cl2N2O3. The number of nitrogens with one attached hydrogen (secondary N) is 1. The summed E-state index contributed by atoms with van der Waals surface area (Å²) in [6.07, 6.45) is 7.65. The quantitative estimate of drug-likeness (QED) is 0.381. The van der Waals surface area contributed by atoms with E-state index in [9.17, 15) is 9.59 Å². The number of hydrogen-bond donors (Lipinski definition) is 1. The van der Waals surface area contributed by atoms with Crippen molar-refractivity contribution < 1.29 is 14.3 Å². The number of aldehydes is 2. The minimum absolute atomic E-state index is 0.639. The Bertz CT molecular complexity index is 1150. The van der Waals surface area contributed by atoms with Gasteiger partial charge in [-0.25, -0.2) is 0 Å². The Kier molecular flexibility index (Phi) is 7.69. The highest BCUT2D eigenvalue weighted by atomic mass is 35.5. The monoisotopic (exact) mass is 444 g/mol. The van der Waals surface area contributed by atoms with Crippen molar-refractivity contribution in [3.8, 4) is 0 Å². The van der Waals surface area contributed by atoms with Gasteiger partial charge in [-0.05, 0) is 25.0 Å². The van der Waals surface area contributed by atoms with E-state index in [2.05, 4.69) is 4.98 Å². The number of H-pyrrole nitrogens is 1. The van der Waals surface area contributed by atoms with Crippen molar-refractivity contribution in [1.29, 1.82) is 0 Å². The summed E-state index contributed by atoms with van der Waals surface area (Å²) >= 11 is 11.9. The Hall–Kier alpha value is -2.60. The second kappa shape index (κ2) is 10.4. The standard InChI is InChI=1S/C10H8ClNO.C9H6ClNO.C4H8O/c1-12-5-7(6-13)8-3-2-4-9(11)10(8)12;10-8-3-1-2-7-6(5-12)4-11-9(7)8;1-2-4-5-3-1/h2-6H,1H3;1-5,11H;1-4H2. The average molecular weight is 445 g/mol. The van der Waals surface area contributed by atoms with Gasteiger partial charge in [0.2, 0.25) is 0 Å². The third-order valence-corrected chi connectivity index (χ3v) is 5.38. The lowest BCUT2D eigenvalue weighted by molar-refractivity contribution is 0.111. The number of fused-ring (bicyclic) bond motifs is 2. The van der Waals surface area contributed by atoms with Crippen LogP contribution in [0.25, 0.3) is 21.8 Å². The highest BCUT2D eigenvalue weighted by molar-refractivity contribution is 6.35. The van der Waals surface area contributed by atoms with Crippen molar-refractivity contribution in [1.82, 2.24) is 9.55 Å². The molecule has 0 atom stereocenters. The van der Waals surface area contributed by atoms with Gasteiger partial charge in [0.1, 0.15) is 0 Å². The van der Waals surface area contributed by atoms with Crippen LogP contribution in [0.4, 0.5) is 0 Å². The van der Waals surface area contributed by atoms with Crippen molar-refractivity contribution in [3.63, 3.8) is 0 Å².